The Kier molecular flexibility index (Phi) is 10.6. The van der Waals surface area contributed by atoms with Crippen LogP contribution in [0.2, 0.25) is 0 Å². The minimum absolute atomic E-state index is 0.0248. The summed E-state index contributed by atoms with van der Waals surface area (Å²) in [5, 5.41) is 26.7. The van der Waals surface area contributed by atoms with E-state index >= 15 is 0 Å². The zero-order chi connectivity index (χ0) is 27.7. The number of carboxylic acid groups (broad SMARTS) is 1. The van der Waals surface area contributed by atoms with Crippen LogP contribution in [0.4, 0.5) is 0 Å². The van der Waals surface area contributed by atoms with Crippen LogP contribution in [-0.2, 0) is 30.4 Å². The van der Waals surface area contributed by atoms with Gasteiger partial charge in [0.25, 0.3) is 0 Å². The molecule has 0 aliphatic rings. The number of hydrogen-bond acceptors (Lipinski definition) is 7. The molecule has 2 rings (SSSR count). The number of carboxylic acids is 1. The number of rotatable bonds is 14. The first-order valence-electron chi connectivity index (χ1n) is 11.8. The Morgan fingerprint density at radius 2 is 1.54 bits per heavy atom. The smallest absolute Gasteiger partial charge is 0.326 e. The van der Waals surface area contributed by atoms with Crippen molar-refractivity contribution in [3.05, 3.63) is 36.0 Å². The first-order chi connectivity index (χ1) is 17.4. The SMILES string of the molecule is CC(C)CC(NC(=O)C(N)CO)C(=O)NC(Cc1c[nH]c2ccccc12)C(=O)NC(CC(N)=O)C(=O)O. The number of carbonyl (C=O) groups is 5. The number of carbonyl (C=O) groups excluding carboxylic acids is 4. The Hall–Kier alpha value is -3.97. The molecule has 0 fully saturated rings. The Morgan fingerprint density at radius 1 is 0.946 bits per heavy atom. The van der Waals surface area contributed by atoms with E-state index in [1.165, 1.54) is 0 Å². The number of aliphatic carboxylic acids is 1. The topological polar surface area (TPSA) is 230 Å². The molecule has 0 aliphatic carbocycles. The van der Waals surface area contributed by atoms with Crippen LogP contribution in [-0.4, -0.2) is 75.6 Å². The molecule has 13 nitrogen and oxygen atoms in total. The van der Waals surface area contributed by atoms with Gasteiger partial charge in [-0.1, -0.05) is 32.0 Å². The Balaban J connectivity index is 2.34. The van der Waals surface area contributed by atoms with Crippen LogP contribution in [0.1, 0.15) is 32.3 Å². The number of aromatic nitrogens is 1. The predicted molar refractivity (Wildman–Crippen MR) is 134 cm³/mol. The number of hydrogen-bond donors (Lipinski definition) is 8. The number of primary amides is 1. The minimum Gasteiger partial charge on any atom is -0.480 e. The van der Waals surface area contributed by atoms with Gasteiger partial charge < -0.3 is 42.6 Å². The fourth-order valence-corrected chi connectivity index (χ4v) is 3.74. The average Bonchev–Trinajstić information content (AvgIpc) is 3.24. The third-order valence-electron chi connectivity index (χ3n) is 5.63. The predicted octanol–water partition coefficient (Wildman–Crippen LogP) is -1.51. The molecule has 202 valence electrons. The number of aliphatic hydroxyl groups is 1. The molecule has 13 heteroatoms. The van der Waals surface area contributed by atoms with Crippen molar-refractivity contribution in [1.82, 2.24) is 20.9 Å². The van der Waals surface area contributed by atoms with Crippen LogP contribution >= 0.6 is 0 Å². The zero-order valence-electron chi connectivity index (χ0n) is 20.7. The number of aliphatic hydroxyl groups excluding tert-OH is 1. The van der Waals surface area contributed by atoms with Crippen molar-refractivity contribution in [2.24, 2.45) is 17.4 Å². The largest absolute Gasteiger partial charge is 0.480 e. The van der Waals surface area contributed by atoms with Gasteiger partial charge >= 0.3 is 5.97 Å². The van der Waals surface area contributed by atoms with Gasteiger partial charge in [0.1, 0.15) is 24.2 Å². The molecule has 4 unspecified atom stereocenters. The molecular weight excluding hydrogens is 484 g/mol. The lowest BCUT2D eigenvalue weighted by atomic mass is 10.00. The highest BCUT2D eigenvalue weighted by Gasteiger charge is 2.31. The zero-order valence-corrected chi connectivity index (χ0v) is 20.7. The number of aromatic amines is 1. The summed E-state index contributed by atoms with van der Waals surface area (Å²) in [6, 6.07) is 2.11. The summed E-state index contributed by atoms with van der Waals surface area (Å²) in [5.41, 5.74) is 12.1. The van der Waals surface area contributed by atoms with Crippen molar-refractivity contribution in [3.63, 3.8) is 0 Å². The Labute approximate surface area is 213 Å². The first kappa shape index (κ1) is 29.3. The third-order valence-corrected chi connectivity index (χ3v) is 5.63. The van der Waals surface area contributed by atoms with Crippen molar-refractivity contribution in [3.8, 4) is 0 Å². The molecule has 0 aliphatic heterocycles. The number of nitrogens with one attached hydrogen (secondary N) is 4. The quantitative estimate of drug-likeness (QED) is 0.146. The van der Waals surface area contributed by atoms with Crippen molar-refractivity contribution in [2.75, 3.05) is 6.61 Å². The lowest BCUT2D eigenvalue weighted by molar-refractivity contribution is -0.143. The molecule has 0 saturated heterocycles. The van der Waals surface area contributed by atoms with E-state index < -0.39 is 66.8 Å². The van der Waals surface area contributed by atoms with Crippen LogP contribution in [0.25, 0.3) is 10.9 Å². The third kappa shape index (κ3) is 8.58. The highest BCUT2D eigenvalue weighted by Crippen LogP contribution is 2.19. The van der Waals surface area contributed by atoms with Gasteiger partial charge in [-0.15, -0.1) is 0 Å². The second kappa shape index (κ2) is 13.4. The highest BCUT2D eigenvalue weighted by molar-refractivity contribution is 5.95. The summed E-state index contributed by atoms with van der Waals surface area (Å²) in [7, 11) is 0. The van der Waals surface area contributed by atoms with Gasteiger partial charge in [-0.2, -0.15) is 0 Å². The van der Waals surface area contributed by atoms with Gasteiger partial charge in [-0.05, 0) is 24.0 Å². The molecule has 4 atom stereocenters. The number of benzene rings is 1. The summed E-state index contributed by atoms with van der Waals surface area (Å²) in [6.07, 6.45) is 1.21. The van der Waals surface area contributed by atoms with Crippen LogP contribution in [0.5, 0.6) is 0 Å². The molecule has 0 radical (unpaired) electrons. The normalized spacial score (nSPS) is 14.4. The van der Waals surface area contributed by atoms with E-state index in [9.17, 15) is 29.1 Å². The number of H-pyrrole nitrogens is 1. The fourth-order valence-electron chi connectivity index (χ4n) is 3.74. The summed E-state index contributed by atoms with van der Waals surface area (Å²) in [6.45, 7) is 3.04. The maximum atomic E-state index is 13.2. The number of para-hydroxylation sites is 1. The monoisotopic (exact) mass is 518 g/mol. The van der Waals surface area contributed by atoms with E-state index in [1.54, 1.807) is 12.3 Å². The maximum absolute atomic E-state index is 13.2. The maximum Gasteiger partial charge on any atom is 0.326 e. The van der Waals surface area contributed by atoms with Crippen LogP contribution < -0.4 is 27.4 Å². The summed E-state index contributed by atoms with van der Waals surface area (Å²) in [5.74, 6) is -4.72. The number of fused-ring (bicyclic) bond motifs is 1. The van der Waals surface area contributed by atoms with Crippen molar-refractivity contribution in [1.29, 1.82) is 0 Å². The van der Waals surface area contributed by atoms with Crippen molar-refractivity contribution >= 4 is 40.5 Å². The van der Waals surface area contributed by atoms with E-state index in [0.717, 1.165) is 10.9 Å². The van der Waals surface area contributed by atoms with Gasteiger partial charge in [0.05, 0.1) is 13.0 Å². The van der Waals surface area contributed by atoms with Crippen LogP contribution in [0, 0.1) is 5.92 Å². The van der Waals surface area contributed by atoms with Gasteiger partial charge in [-0.25, -0.2) is 4.79 Å². The lowest BCUT2D eigenvalue weighted by Crippen LogP contribution is -2.58. The molecule has 2 aromatic rings. The second-order valence-electron chi connectivity index (χ2n) is 9.17. The standard InChI is InChI=1S/C24H34N6O7/c1-12(2)7-17(28-21(33)15(25)11-31)22(34)29-18(23(35)30-19(24(36)37)9-20(26)32)8-13-10-27-16-6-4-3-5-14(13)16/h3-6,10,12,15,17-19,27,31H,7-9,11,25H2,1-2H3,(H2,26,32)(H,28,33)(H,29,34)(H,30,35)(H,36,37). The molecule has 0 saturated carbocycles. The number of amides is 4. The highest BCUT2D eigenvalue weighted by atomic mass is 16.4. The van der Waals surface area contributed by atoms with Crippen LogP contribution in [0.3, 0.4) is 0 Å². The molecular formula is C24H34N6O7. The van der Waals surface area contributed by atoms with Gasteiger partial charge in [0, 0.05) is 23.5 Å². The summed E-state index contributed by atoms with van der Waals surface area (Å²) in [4.78, 5) is 64.5. The van der Waals surface area contributed by atoms with E-state index in [0.29, 0.717) is 5.56 Å². The number of nitrogens with two attached hydrogens (primary N) is 2. The van der Waals surface area contributed by atoms with Crippen molar-refractivity contribution < 1.29 is 34.2 Å². The lowest BCUT2D eigenvalue weighted by Gasteiger charge is -2.25. The molecule has 0 bridgehead atoms. The summed E-state index contributed by atoms with van der Waals surface area (Å²) < 4.78 is 0. The van der Waals surface area contributed by atoms with E-state index in [4.69, 9.17) is 16.6 Å². The molecule has 4 amide bonds. The van der Waals surface area contributed by atoms with Gasteiger partial charge in [0.15, 0.2) is 0 Å². The molecule has 37 heavy (non-hydrogen) atoms. The molecule has 1 aromatic carbocycles. The Bertz CT molecular complexity index is 1130. The van der Waals surface area contributed by atoms with E-state index in [-0.39, 0.29) is 18.8 Å². The van der Waals surface area contributed by atoms with E-state index in [2.05, 4.69) is 20.9 Å². The first-order valence-corrected chi connectivity index (χ1v) is 11.8. The molecule has 0 spiro atoms. The van der Waals surface area contributed by atoms with Gasteiger partial charge in [0.2, 0.25) is 23.6 Å². The molecule has 1 aromatic heterocycles. The fraction of sp³-hybridized carbons (Fsp3) is 0.458. The Morgan fingerprint density at radius 3 is 2.14 bits per heavy atom. The summed E-state index contributed by atoms with van der Waals surface area (Å²) >= 11 is 0. The van der Waals surface area contributed by atoms with E-state index in [1.807, 2.05) is 32.0 Å². The average molecular weight is 519 g/mol. The molecule has 10 N–H and O–H groups in total. The van der Waals surface area contributed by atoms with Gasteiger partial charge in [-0.3, -0.25) is 19.2 Å². The van der Waals surface area contributed by atoms with Crippen LogP contribution in [0.15, 0.2) is 30.5 Å². The second-order valence-corrected chi connectivity index (χ2v) is 9.17. The minimum atomic E-state index is -1.60. The molecule has 1 heterocycles. The van der Waals surface area contributed by atoms with Crippen molar-refractivity contribution in [2.45, 2.75) is 57.3 Å².